The lowest BCUT2D eigenvalue weighted by atomic mass is 9.93. The summed E-state index contributed by atoms with van der Waals surface area (Å²) in [5, 5.41) is 0.465. The van der Waals surface area contributed by atoms with E-state index in [0.717, 1.165) is 39.2 Å². The van der Waals surface area contributed by atoms with Gasteiger partial charge in [-0.25, -0.2) is 9.37 Å². The van der Waals surface area contributed by atoms with Crippen LogP contribution in [0.4, 0.5) is 9.52 Å². The first-order chi connectivity index (χ1) is 13.1. The van der Waals surface area contributed by atoms with Crippen LogP contribution >= 0.6 is 11.3 Å². The number of aromatic nitrogens is 1. The van der Waals surface area contributed by atoms with Crippen LogP contribution in [0.1, 0.15) is 38.3 Å². The van der Waals surface area contributed by atoms with Crippen LogP contribution < -0.4 is 10.5 Å². The Labute approximate surface area is 170 Å². The molecule has 0 unspecified atom stereocenters. The molecule has 0 fully saturated rings. The average molecular weight is 399 g/mol. The Bertz CT molecular complexity index is 969. The predicted molar refractivity (Wildman–Crippen MR) is 116 cm³/mol. The molecule has 0 aliphatic carbocycles. The van der Waals surface area contributed by atoms with Crippen LogP contribution in [0.5, 0.6) is 5.75 Å². The molecule has 28 heavy (non-hydrogen) atoms. The normalized spacial score (nSPS) is 11.6. The molecule has 3 nitrogen and oxygen atoms in total. The van der Waals surface area contributed by atoms with Crippen molar-refractivity contribution in [2.75, 3.05) is 12.3 Å². The Hall–Kier alpha value is -2.40. The summed E-state index contributed by atoms with van der Waals surface area (Å²) in [4.78, 5) is 5.42. The fourth-order valence-electron chi connectivity index (χ4n) is 3.14. The molecule has 0 radical (unpaired) electrons. The van der Waals surface area contributed by atoms with Crippen molar-refractivity contribution in [2.24, 2.45) is 5.41 Å². The van der Waals surface area contributed by atoms with Gasteiger partial charge in [0.15, 0.2) is 5.13 Å². The van der Waals surface area contributed by atoms with Gasteiger partial charge in [0.05, 0.1) is 17.2 Å². The van der Waals surface area contributed by atoms with Crippen LogP contribution in [0.2, 0.25) is 0 Å². The van der Waals surface area contributed by atoms with Crippen LogP contribution in [-0.4, -0.2) is 11.6 Å². The summed E-state index contributed by atoms with van der Waals surface area (Å²) < 4.78 is 20.2. The van der Waals surface area contributed by atoms with Crippen molar-refractivity contribution in [2.45, 2.75) is 41.0 Å². The van der Waals surface area contributed by atoms with Crippen LogP contribution in [0.3, 0.4) is 0 Å². The van der Waals surface area contributed by atoms with Gasteiger partial charge >= 0.3 is 0 Å². The number of thiazole rings is 1. The Balaban J connectivity index is 2.01. The van der Waals surface area contributed by atoms with E-state index >= 15 is 0 Å². The summed E-state index contributed by atoms with van der Waals surface area (Å²) in [7, 11) is 0. The highest BCUT2D eigenvalue weighted by atomic mass is 32.1. The van der Waals surface area contributed by atoms with E-state index < -0.39 is 0 Å². The SMILES string of the molecule is Cc1cccc(C)c1-c1nc(N)sc1-c1cc(F)cc(OCCC(C)(C)C)c1. The number of ether oxygens (including phenoxy) is 1. The zero-order valence-electron chi connectivity index (χ0n) is 17.1. The molecule has 0 saturated carbocycles. The van der Waals surface area contributed by atoms with Gasteiger partial charge in [-0.15, -0.1) is 0 Å². The quantitative estimate of drug-likeness (QED) is 0.525. The number of nitrogen functional groups attached to an aromatic ring is 1. The summed E-state index contributed by atoms with van der Waals surface area (Å²) in [6.45, 7) is 11.1. The second kappa shape index (κ2) is 7.92. The lowest BCUT2D eigenvalue weighted by Gasteiger charge is -2.18. The number of aryl methyl sites for hydroxylation is 2. The van der Waals surface area contributed by atoms with Crippen molar-refractivity contribution in [3.8, 4) is 27.4 Å². The molecule has 0 saturated heterocycles. The molecule has 3 rings (SSSR count). The number of hydrogen-bond donors (Lipinski definition) is 1. The Morgan fingerprint density at radius 1 is 1.11 bits per heavy atom. The molecule has 2 aromatic carbocycles. The summed E-state index contributed by atoms with van der Waals surface area (Å²) in [5.41, 5.74) is 11.0. The van der Waals surface area contributed by atoms with E-state index in [9.17, 15) is 4.39 Å². The maximum Gasteiger partial charge on any atom is 0.181 e. The van der Waals surface area contributed by atoms with Gasteiger partial charge in [-0.3, -0.25) is 0 Å². The molecular formula is C23H27FN2OS. The monoisotopic (exact) mass is 398 g/mol. The van der Waals surface area contributed by atoms with E-state index in [1.165, 1.54) is 23.5 Å². The Morgan fingerprint density at radius 3 is 2.43 bits per heavy atom. The summed E-state index contributed by atoms with van der Waals surface area (Å²) >= 11 is 1.37. The fourth-order valence-corrected chi connectivity index (χ4v) is 3.97. The summed E-state index contributed by atoms with van der Waals surface area (Å²) in [6, 6.07) is 10.9. The van der Waals surface area contributed by atoms with Crippen molar-refractivity contribution in [3.05, 3.63) is 53.3 Å². The summed E-state index contributed by atoms with van der Waals surface area (Å²) in [6.07, 6.45) is 0.889. The highest BCUT2D eigenvalue weighted by Gasteiger charge is 2.19. The number of benzene rings is 2. The summed E-state index contributed by atoms with van der Waals surface area (Å²) in [5.74, 6) is 0.196. The largest absolute Gasteiger partial charge is 0.493 e. The average Bonchev–Trinajstić information content (AvgIpc) is 2.94. The molecule has 1 aromatic heterocycles. The Morgan fingerprint density at radius 2 is 1.79 bits per heavy atom. The van der Waals surface area contributed by atoms with E-state index in [1.54, 1.807) is 0 Å². The van der Waals surface area contributed by atoms with Gasteiger partial charge in [0.1, 0.15) is 11.6 Å². The van der Waals surface area contributed by atoms with Gasteiger partial charge in [-0.1, -0.05) is 50.3 Å². The van der Waals surface area contributed by atoms with E-state index in [0.29, 0.717) is 17.5 Å². The van der Waals surface area contributed by atoms with Gasteiger partial charge < -0.3 is 10.5 Å². The predicted octanol–water partition coefficient (Wildman–Crippen LogP) is 6.63. The fraction of sp³-hybridized carbons (Fsp3) is 0.348. The molecule has 5 heteroatoms. The molecule has 0 bridgehead atoms. The van der Waals surface area contributed by atoms with Crippen LogP contribution in [-0.2, 0) is 0 Å². The topological polar surface area (TPSA) is 48.1 Å². The molecule has 0 spiro atoms. The van der Waals surface area contributed by atoms with Crippen molar-refractivity contribution < 1.29 is 9.13 Å². The lowest BCUT2D eigenvalue weighted by molar-refractivity contribution is 0.242. The van der Waals surface area contributed by atoms with E-state index in [-0.39, 0.29) is 11.2 Å². The van der Waals surface area contributed by atoms with E-state index in [1.807, 2.05) is 38.1 Å². The zero-order valence-corrected chi connectivity index (χ0v) is 17.9. The molecule has 0 aliphatic heterocycles. The van der Waals surface area contributed by atoms with Gasteiger partial charge in [0.2, 0.25) is 0 Å². The molecule has 1 heterocycles. The zero-order chi connectivity index (χ0) is 20.5. The minimum atomic E-state index is -0.331. The second-order valence-corrected chi connectivity index (χ2v) is 9.36. The third-order valence-corrected chi connectivity index (χ3v) is 5.55. The number of nitrogens with two attached hydrogens (primary N) is 1. The molecular weight excluding hydrogens is 371 g/mol. The van der Waals surface area contributed by atoms with Crippen molar-refractivity contribution in [1.82, 2.24) is 4.98 Å². The van der Waals surface area contributed by atoms with Crippen molar-refractivity contribution >= 4 is 16.5 Å². The number of rotatable bonds is 5. The first-order valence-electron chi connectivity index (χ1n) is 9.41. The Kier molecular flexibility index (Phi) is 5.75. The van der Waals surface area contributed by atoms with Gasteiger partial charge in [0, 0.05) is 17.2 Å². The van der Waals surface area contributed by atoms with E-state index in [2.05, 4.69) is 25.8 Å². The number of halogens is 1. The molecule has 3 aromatic rings. The molecule has 0 atom stereocenters. The van der Waals surface area contributed by atoms with Crippen LogP contribution in [0.25, 0.3) is 21.7 Å². The smallest absolute Gasteiger partial charge is 0.181 e. The maximum absolute atomic E-state index is 14.3. The molecule has 148 valence electrons. The van der Waals surface area contributed by atoms with E-state index in [4.69, 9.17) is 10.5 Å². The van der Waals surface area contributed by atoms with Crippen molar-refractivity contribution in [1.29, 1.82) is 0 Å². The standard InChI is InChI=1S/C23H27FN2OS/c1-14-7-6-8-15(2)19(14)20-21(28-22(25)26-20)16-11-17(24)13-18(12-16)27-10-9-23(3,4)5/h6-8,11-13H,9-10H2,1-5H3,(H2,25,26). The van der Waals surface area contributed by atoms with Crippen molar-refractivity contribution in [3.63, 3.8) is 0 Å². The number of hydrogen-bond acceptors (Lipinski definition) is 4. The molecule has 0 amide bonds. The first-order valence-corrected chi connectivity index (χ1v) is 10.2. The highest BCUT2D eigenvalue weighted by Crippen LogP contribution is 2.41. The van der Waals surface area contributed by atoms with Gasteiger partial charge in [0.25, 0.3) is 0 Å². The second-order valence-electron chi connectivity index (χ2n) is 8.33. The van der Waals surface area contributed by atoms with Crippen LogP contribution in [0, 0.1) is 25.1 Å². The molecule has 0 aliphatic rings. The maximum atomic E-state index is 14.3. The van der Waals surface area contributed by atoms with Gasteiger partial charge in [-0.2, -0.15) is 0 Å². The van der Waals surface area contributed by atoms with Gasteiger partial charge in [-0.05, 0) is 48.9 Å². The first kappa shape index (κ1) is 20.3. The minimum Gasteiger partial charge on any atom is -0.493 e. The minimum absolute atomic E-state index is 0.164. The van der Waals surface area contributed by atoms with Crippen LogP contribution in [0.15, 0.2) is 36.4 Å². The number of nitrogens with zero attached hydrogens (tertiary/aromatic N) is 1. The molecule has 2 N–H and O–H groups in total. The highest BCUT2D eigenvalue weighted by molar-refractivity contribution is 7.19. The third-order valence-electron chi connectivity index (χ3n) is 4.62. The third kappa shape index (κ3) is 4.71. The number of anilines is 1. The lowest BCUT2D eigenvalue weighted by Crippen LogP contribution is -2.11.